The molecule has 1 saturated carbocycles. The lowest BCUT2D eigenvalue weighted by atomic mass is 9.85. The maximum absolute atomic E-state index is 13.7. The van der Waals surface area contributed by atoms with Gasteiger partial charge in [-0.15, -0.1) is 0 Å². The summed E-state index contributed by atoms with van der Waals surface area (Å²) in [6.07, 6.45) is 7.48. The second-order valence-electron chi connectivity index (χ2n) is 14.0. The average molecular weight is 652 g/mol. The Morgan fingerprint density at radius 3 is 1.80 bits per heavy atom. The van der Waals surface area contributed by atoms with Crippen molar-refractivity contribution in [3.05, 3.63) is 0 Å². The molecular weight excluding hydrogens is 594 g/mol. The largest absolute Gasteiger partial charge is 0.481 e. The Morgan fingerprint density at radius 2 is 1.28 bits per heavy atom. The molecule has 13 nitrogen and oxygen atoms in total. The number of aliphatic hydroxyl groups excluding tert-OH is 1. The molecule has 262 valence electrons. The quantitative estimate of drug-likeness (QED) is 0.137. The van der Waals surface area contributed by atoms with E-state index in [1.54, 1.807) is 25.7 Å². The topological polar surface area (TPSA) is 194 Å². The SMILES string of the molecule is CCC(CC)C(=O)N[C@H](C(=O)N[C@@H](CC(=O)N1CCCC1)C(=O)N[C@@H](CC(=O)O)C(=O)N[C@H](CO)CC1CCCCC1)C(C)(C)C. The summed E-state index contributed by atoms with van der Waals surface area (Å²) in [6.45, 7) is 9.78. The van der Waals surface area contributed by atoms with Gasteiger partial charge in [-0.1, -0.05) is 66.7 Å². The van der Waals surface area contributed by atoms with Crippen LogP contribution in [-0.4, -0.2) is 94.5 Å². The van der Waals surface area contributed by atoms with E-state index in [9.17, 15) is 39.0 Å². The minimum absolute atomic E-state index is 0.293. The van der Waals surface area contributed by atoms with Crippen molar-refractivity contribution in [1.29, 1.82) is 0 Å². The molecule has 0 bridgehead atoms. The van der Waals surface area contributed by atoms with Crippen LogP contribution in [0.25, 0.3) is 0 Å². The van der Waals surface area contributed by atoms with Crippen LogP contribution in [-0.2, 0) is 28.8 Å². The minimum atomic E-state index is -1.51. The summed E-state index contributed by atoms with van der Waals surface area (Å²) >= 11 is 0. The van der Waals surface area contributed by atoms with Gasteiger partial charge in [0.25, 0.3) is 0 Å². The number of amides is 5. The van der Waals surface area contributed by atoms with Crippen LogP contribution in [0.5, 0.6) is 0 Å². The fraction of sp³-hybridized carbons (Fsp3) is 0.818. The van der Waals surface area contributed by atoms with E-state index >= 15 is 0 Å². The van der Waals surface area contributed by atoms with Gasteiger partial charge in [0.1, 0.15) is 18.1 Å². The normalized spacial score (nSPS) is 18.3. The molecule has 0 unspecified atom stereocenters. The first-order chi connectivity index (χ1) is 21.7. The fourth-order valence-corrected chi connectivity index (χ4v) is 6.29. The monoisotopic (exact) mass is 651 g/mol. The van der Waals surface area contributed by atoms with Gasteiger partial charge in [0.05, 0.1) is 25.5 Å². The highest BCUT2D eigenvalue weighted by atomic mass is 16.4. The molecule has 0 aromatic heterocycles. The molecular formula is C33H57N5O8. The van der Waals surface area contributed by atoms with Gasteiger partial charge in [-0.25, -0.2) is 0 Å². The molecule has 1 saturated heterocycles. The average Bonchev–Trinajstić information content (AvgIpc) is 3.54. The molecule has 1 aliphatic carbocycles. The van der Waals surface area contributed by atoms with Gasteiger partial charge in [0, 0.05) is 19.0 Å². The molecule has 13 heteroatoms. The van der Waals surface area contributed by atoms with Crippen LogP contribution in [0.4, 0.5) is 0 Å². The molecule has 1 heterocycles. The van der Waals surface area contributed by atoms with Crippen LogP contribution in [0.15, 0.2) is 0 Å². The molecule has 4 atom stereocenters. The number of nitrogens with one attached hydrogen (secondary N) is 4. The van der Waals surface area contributed by atoms with Gasteiger partial charge >= 0.3 is 5.97 Å². The molecule has 6 N–H and O–H groups in total. The number of hydrogen-bond donors (Lipinski definition) is 6. The van der Waals surface area contributed by atoms with E-state index in [2.05, 4.69) is 21.3 Å². The van der Waals surface area contributed by atoms with Crippen molar-refractivity contribution in [3.63, 3.8) is 0 Å². The summed E-state index contributed by atoms with van der Waals surface area (Å²) in [5.74, 6) is -4.30. The zero-order valence-corrected chi connectivity index (χ0v) is 28.4. The lowest BCUT2D eigenvalue weighted by molar-refractivity contribution is -0.142. The van der Waals surface area contributed by atoms with Gasteiger partial charge in [-0.05, 0) is 43.4 Å². The van der Waals surface area contributed by atoms with E-state index in [1.807, 2.05) is 13.8 Å². The molecule has 0 aromatic rings. The van der Waals surface area contributed by atoms with Crippen molar-refractivity contribution in [2.45, 2.75) is 136 Å². The van der Waals surface area contributed by atoms with Gasteiger partial charge in [0.15, 0.2) is 0 Å². The van der Waals surface area contributed by atoms with Crippen molar-refractivity contribution < 1.29 is 39.0 Å². The lowest BCUT2D eigenvalue weighted by Crippen LogP contribution is -2.60. The Labute approximate surface area is 273 Å². The number of carbonyl (C=O) groups is 6. The van der Waals surface area contributed by atoms with Crippen LogP contribution in [0.2, 0.25) is 0 Å². The number of hydrogen-bond acceptors (Lipinski definition) is 7. The summed E-state index contributed by atoms with van der Waals surface area (Å²) < 4.78 is 0. The van der Waals surface area contributed by atoms with E-state index in [0.29, 0.717) is 38.3 Å². The van der Waals surface area contributed by atoms with E-state index in [0.717, 1.165) is 44.9 Å². The molecule has 5 amide bonds. The summed E-state index contributed by atoms with van der Waals surface area (Å²) in [7, 11) is 0. The van der Waals surface area contributed by atoms with Gasteiger partial charge in [-0.2, -0.15) is 0 Å². The van der Waals surface area contributed by atoms with Gasteiger partial charge in [0.2, 0.25) is 29.5 Å². The fourth-order valence-electron chi connectivity index (χ4n) is 6.29. The number of carboxylic acid groups (broad SMARTS) is 1. The highest BCUT2D eigenvalue weighted by molar-refractivity contribution is 5.97. The molecule has 2 rings (SSSR count). The molecule has 0 radical (unpaired) electrons. The predicted molar refractivity (Wildman–Crippen MR) is 172 cm³/mol. The Balaban J connectivity index is 2.27. The first kappa shape index (κ1) is 39.0. The Bertz CT molecular complexity index is 1050. The number of aliphatic hydroxyl groups is 1. The van der Waals surface area contributed by atoms with Crippen LogP contribution in [0.3, 0.4) is 0 Å². The number of rotatable bonds is 17. The van der Waals surface area contributed by atoms with Crippen LogP contribution in [0, 0.1) is 17.3 Å². The van der Waals surface area contributed by atoms with E-state index in [4.69, 9.17) is 0 Å². The van der Waals surface area contributed by atoms with E-state index < -0.39 is 66.1 Å². The molecule has 0 aromatic carbocycles. The third-order valence-corrected chi connectivity index (χ3v) is 9.16. The zero-order valence-electron chi connectivity index (χ0n) is 28.4. The van der Waals surface area contributed by atoms with Crippen molar-refractivity contribution in [2.24, 2.45) is 17.3 Å². The zero-order chi connectivity index (χ0) is 34.4. The lowest BCUT2D eigenvalue weighted by Gasteiger charge is -2.33. The van der Waals surface area contributed by atoms with Crippen LogP contribution in [0.1, 0.15) is 112 Å². The summed E-state index contributed by atoms with van der Waals surface area (Å²) in [4.78, 5) is 80.1. The second kappa shape index (κ2) is 18.8. The van der Waals surface area contributed by atoms with Gasteiger partial charge < -0.3 is 36.4 Å². The third kappa shape index (κ3) is 12.5. The number of aliphatic carboxylic acids is 1. The first-order valence-electron chi connectivity index (χ1n) is 17.0. The first-order valence-corrected chi connectivity index (χ1v) is 17.0. The smallest absolute Gasteiger partial charge is 0.305 e. The Hall–Kier alpha value is -3.22. The van der Waals surface area contributed by atoms with E-state index in [1.165, 1.54) is 0 Å². The highest BCUT2D eigenvalue weighted by Gasteiger charge is 2.38. The molecule has 2 aliphatic rings. The number of likely N-dealkylation sites (tertiary alicyclic amines) is 1. The predicted octanol–water partition coefficient (Wildman–Crippen LogP) is 1.86. The molecule has 46 heavy (non-hydrogen) atoms. The van der Waals surface area contributed by atoms with Crippen LogP contribution < -0.4 is 21.3 Å². The van der Waals surface area contributed by atoms with Crippen molar-refractivity contribution in [2.75, 3.05) is 19.7 Å². The van der Waals surface area contributed by atoms with Gasteiger partial charge in [-0.3, -0.25) is 28.8 Å². The summed E-state index contributed by atoms with van der Waals surface area (Å²) in [5, 5.41) is 30.1. The standard InChI is InChI=1S/C33H57N5O8/c1-6-22(7-2)29(43)37-28(33(3,4)5)32(46)36-24(18-26(40)38-15-11-12-16-38)31(45)35-25(19-27(41)42)30(44)34-23(20-39)17-21-13-9-8-10-14-21/h21-25,28,39H,6-20H2,1-5H3,(H,34,44)(H,35,45)(H,36,46)(H,37,43)(H,41,42)/t23-,24-,25-,28+/m0/s1. The van der Waals surface area contributed by atoms with E-state index in [-0.39, 0.29) is 24.3 Å². The van der Waals surface area contributed by atoms with Crippen LogP contribution >= 0.6 is 0 Å². The number of carboxylic acids is 1. The Morgan fingerprint density at radius 1 is 0.739 bits per heavy atom. The highest BCUT2D eigenvalue weighted by Crippen LogP contribution is 2.27. The molecule has 2 fully saturated rings. The minimum Gasteiger partial charge on any atom is -0.481 e. The van der Waals surface area contributed by atoms with Crippen molar-refractivity contribution >= 4 is 35.5 Å². The summed E-state index contributed by atoms with van der Waals surface area (Å²) in [6, 6.07) is -4.60. The maximum Gasteiger partial charge on any atom is 0.305 e. The maximum atomic E-state index is 13.7. The number of carbonyl (C=O) groups excluding carboxylic acids is 5. The second-order valence-corrected chi connectivity index (χ2v) is 14.0. The summed E-state index contributed by atoms with van der Waals surface area (Å²) in [5.41, 5.74) is -0.755. The number of nitrogens with zero attached hydrogens (tertiary/aromatic N) is 1. The Kier molecular flexibility index (Phi) is 15.9. The van der Waals surface area contributed by atoms with Crippen molar-refractivity contribution in [1.82, 2.24) is 26.2 Å². The molecule has 0 spiro atoms. The molecule has 1 aliphatic heterocycles. The van der Waals surface area contributed by atoms with Crippen molar-refractivity contribution in [3.8, 4) is 0 Å². The third-order valence-electron chi connectivity index (χ3n) is 9.16.